The molecule has 1 aromatic carbocycles. The van der Waals surface area contributed by atoms with Crippen molar-refractivity contribution >= 4 is 23.6 Å². The van der Waals surface area contributed by atoms with E-state index in [2.05, 4.69) is 9.98 Å². The second-order valence-corrected chi connectivity index (χ2v) is 5.17. The van der Waals surface area contributed by atoms with Crippen molar-refractivity contribution in [1.82, 2.24) is 0 Å². The van der Waals surface area contributed by atoms with E-state index in [1.165, 1.54) is 12.1 Å². The molecule has 0 unspecified atom stereocenters. The Labute approximate surface area is 121 Å². The Morgan fingerprint density at radius 1 is 1.24 bits per heavy atom. The summed E-state index contributed by atoms with van der Waals surface area (Å²) in [6.07, 6.45) is 0. The van der Waals surface area contributed by atoms with Crippen LogP contribution in [0.3, 0.4) is 0 Å². The van der Waals surface area contributed by atoms with E-state index in [0.717, 1.165) is 6.07 Å². The Hall–Kier alpha value is -2.64. The lowest BCUT2D eigenvalue weighted by Gasteiger charge is -2.19. The second-order valence-electron chi connectivity index (χ2n) is 5.17. The van der Waals surface area contributed by atoms with Gasteiger partial charge in [-0.15, -0.1) is 0 Å². The van der Waals surface area contributed by atoms with Gasteiger partial charge in [-0.3, -0.25) is 0 Å². The summed E-state index contributed by atoms with van der Waals surface area (Å²) in [7, 11) is 0. The van der Waals surface area contributed by atoms with Crippen molar-refractivity contribution in [2.45, 2.75) is 26.4 Å². The minimum absolute atomic E-state index is 0.211. The highest BCUT2D eigenvalue weighted by atomic mass is 19.1. The average Bonchev–Trinajstić information content (AvgIpc) is 2.28. The number of carbonyl (C=O) groups excluding carboxylic acids is 1. The molecule has 7 nitrogen and oxygen atoms in total. The van der Waals surface area contributed by atoms with Gasteiger partial charge in [-0.2, -0.15) is 4.99 Å². The van der Waals surface area contributed by atoms with Crippen LogP contribution in [0.15, 0.2) is 28.2 Å². The standard InChI is InChI=1S/C13H18FN5O2/c1-13(2,3)21-10(20)8-6-7(4-5-9(8)14)18-12(17)19-11(15)16/h4-6H,1-3H3,(H6,15,16,17,18,19). The highest BCUT2D eigenvalue weighted by Gasteiger charge is 2.21. The van der Waals surface area contributed by atoms with E-state index < -0.39 is 17.4 Å². The molecule has 0 bridgehead atoms. The SMILES string of the molecule is CC(C)(C)OC(=O)c1cc(N=C(N)N=C(N)N)ccc1F. The number of nitrogens with zero attached hydrogens (tertiary/aromatic N) is 2. The minimum Gasteiger partial charge on any atom is -0.456 e. The number of ether oxygens (including phenoxy) is 1. The van der Waals surface area contributed by atoms with Gasteiger partial charge in [-0.1, -0.05) is 0 Å². The predicted molar refractivity (Wildman–Crippen MR) is 78.7 cm³/mol. The number of hydrogen-bond donors (Lipinski definition) is 3. The number of nitrogens with two attached hydrogens (primary N) is 3. The van der Waals surface area contributed by atoms with Crippen molar-refractivity contribution in [2.75, 3.05) is 0 Å². The molecule has 0 amide bonds. The molecular weight excluding hydrogens is 277 g/mol. The summed E-state index contributed by atoms with van der Waals surface area (Å²) in [6.45, 7) is 5.05. The maximum Gasteiger partial charge on any atom is 0.341 e. The monoisotopic (exact) mass is 295 g/mol. The molecule has 0 saturated carbocycles. The zero-order valence-electron chi connectivity index (χ0n) is 12.1. The number of carbonyl (C=O) groups is 1. The quantitative estimate of drug-likeness (QED) is 0.426. The Balaban J connectivity index is 3.11. The van der Waals surface area contributed by atoms with Crippen LogP contribution in [0, 0.1) is 5.82 Å². The lowest BCUT2D eigenvalue weighted by molar-refractivity contribution is 0.00647. The first-order valence-corrected chi connectivity index (χ1v) is 6.05. The third-order valence-electron chi connectivity index (χ3n) is 2.06. The number of halogens is 1. The third-order valence-corrected chi connectivity index (χ3v) is 2.06. The molecular formula is C13H18FN5O2. The van der Waals surface area contributed by atoms with Gasteiger partial charge in [0, 0.05) is 0 Å². The van der Waals surface area contributed by atoms with Crippen LogP contribution < -0.4 is 17.2 Å². The molecule has 0 aromatic heterocycles. The first-order chi connectivity index (χ1) is 9.58. The lowest BCUT2D eigenvalue weighted by atomic mass is 10.1. The van der Waals surface area contributed by atoms with Crippen LogP contribution in [0.4, 0.5) is 10.1 Å². The van der Waals surface area contributed by atoms with Gasteiger partial charge >= 0.3 is 5.97 Å². The summed E-state index contributed by atoms with van der Waals surface area (Å²) in [5, 5.41) is 0. The molecule has 0 heterocycles. The third kappa shape index (κ3) is 5.47. The van der Waals surface area contributed by atoms with Gasteiger partial charge in [0.15, 0.2) is 5.96 Å². The first-order valence-electron chi connectivity index (χ1n) is 6.05. The van der Waals surface area contributed by atoms with Crippen LogP contribution in [0.1, 0.15) is 31.1 Å². The maximum absolute atomic E-state index is 13.7. The minimum atomic E-state index is -0.794. The van der Waals surface area contributed by atoms with E-state index in [4.69, 9.17) is 21.9 Å². The molecule has 0 atom stereocenters. The number of rotatable bonds is 2. The Bertz CT molecular complexity index is 601. The molecule has 6 N–H and O–H groups in total. The fourth-order valence-electron chi connectivity index (χ4n) is 1.36. The molecule has 1 rings (SSSR count). The predicted octanol–water partition coefficient (Wildman–Crippen LogP) is 1.00. The number of esters is 1. The number of benzene rings is 1. The number of guanidine groups is 2. The summed E-state index contributed by atoms with van der Waals surface area (Å²) in [5.74, 6) is -1.98. The van der Waals surface area contributed by atoms with Gasteiger partial charge in [-0.05, 0) is 39.0 Å². The fourth-order valence-corrected chi connectivity index (χ4v) is 1.36. The normalized spacial score (nSPS) is 11.9. The lowest BCUT2D eigenvalue weighted by Crippen LogP contribution is -2.26. The second kappa shape index (κ2) is 6.21. The van der Waals surface area contributed by atoms with E-state index in [1.807, 2.05) is 0 Å². The first kappa shape index (κ1) is 16.4. The van der Waals surface area contributed by atoms with Crippen LogP contribution in [-0.2, 0) is 4.74 Å². The summed E-state index contributed by atoms with van der Waals surface area (Å²) in [4.78, 5) is 19.3. The van der Waals surface area contributed by atoms with Gasteiger partial charge in [0.2, 0.25) is 5.96 Å². The zero-order valence-corrected chi connectivity index (χ0v) is 12.1. The van der Waals surface area contributed by atoms with Gasteiger partial charge in [-0.25, -0.2) is 14.2 Å². The molecule has 0 radical (unpaired) electrons. The molecule has 0 fully saturated rings. The van der Waals surface area contributed by atoms with E-state index in [-0.39, 0.29) is 23.2 Å². The van der Waals surface area contributed by atoms with Crippen molar-refractivity contribution in [3.63, 3.8) is 0 Å². The average molecular weight is 295 g/mol. The fraction of sp³-hybridized carbons (Fsp3) is 0.308. The molecule has 0 aliphatic rings. The highest BCUT2D eigenvalue weighted by molar-refractivity contribution is 5.94. The Morgan fingerprint density at radius 3 is 2.38 bits per heavy atom. The summed E-state index contributed by atoms with van der Waals surface area (Å²) in [6, 6.07) is 3.62. The van der Waals surface area contributed by atoms with E-state index >= 15 is 0 Å². The topological polar surface area (TPSA) is 129 Å². The molecule has 8 heteroatoms. The van der Waals surface area contributed by atoms with Crippen molar-refractivity contribution in [3.05, 3.63) is 29.6 Å². The Morgan fingerprint density at radius 2 is 1.86 bits per heavy atom. The molecule has 0 saturated heterocycles. The van der Waals surface area contributed by atoms with Crippen LogP contribution >= 0.6 is 0 Å². The van der Waals surface area contributed by atoms with Crippen molar-refractivity contribution in [3.8, 4) is 0 Å². The van der Waals surface area contributed by atoms with Crippen molar-refractivity contribution in [1.29, 1.82) is 0 Å². The van der Waals surface area contributed by atoms with Crippen LogP contribution in [-0.4, -0.2) is 23.5 Å². The summed E-state index contributed by atoms with van der Waals surface area (Å²) >= 11 is 0. The van der Waals surface area contributed by atoms with Gasteiger partial charge in [0.1, 0.15) is 11.4 Å². The highest BCUT2D eigenvalue weighted by Crippen LogP contribution is 2.20. The van der Waals surface area contributed by atoms with E-state index in [9.17, 15) is 9.18 Å². The molecule has 114 valence electrons. The van der Waals surface area contributed by atoms with Crippen molar-refractivity contribution in [2.24, 2.45) is 27.2 Å². The van der Waals surface area contributed by atoms with Crippen LogP contribution in [0.5, 0.6) is 0 Å². The number of hydrogen-bond acceptors (Lipinski definition) is 3. The smallest absolute Gasteiger partial charge is 0.341 e. The van der Waals surface area contributed by atoms with Gasteiger partial charge in [0.05, 0.1) is 11.3 Å². The molecule has 1 aromatic rings. The summed E-state index contributed by atoms with van der Waals surface area (Å²) in [5.41, 5.74) is 15.0. The molecule has 0 aliphatic heterocycles. The van der Waals surface area contributed by atoms with Gasteiger partial charge in [0.25, 0.3) is 0 Å². The summed E-state index contributed by atoms with van der Waals surface area (Å²) < 4.78 is 18.8. The number of aliphatic imine (C=N–C) groups is 2. The Kier molecular flexibility index (Phi) is 4.85. The molecule has 0 spiro atoms. The van der Waals surface area contributed by atoms with E-state index in [0.29, 0.717) is 0 Å². The molecule has 0 aliphatic carbocycles. The largest absolute Gasteiger partial charge is 0.456 e. The van der Waals surface area contributed by atoms with Crippen LogP contribution in [0.2, 0.25) is 0 Å². The van der Waals surface area contributed by atoms with E-state index in [1.54, 1.807) is 20.8 Å². The van der Waals surface area contributed by atoms with Crippen molar-refractivity contribution < 1.29 is 13.9 Å². The maximum atomic E-state index is 13.7. The zero-order chi connectivity index (χ0) is 16.2. The van der Waals surface area contributed by atoms with Gasteiger partial charge < -0.3 is 21.9 Å². The molecule has 21 heavy (non-hydrogen) atoms. The van der Waals surface area contributed by atoms with Crippen LogP contribution in [0.25, 0.3) is 0 Å².